The number of aromatic nitrogens is 1. The molecule has 0 bridgehead atoms. The maximum Gasteiger partial charge on any atom is 0.350 e. The monoisotopic (exact) mass is 420 g/mol. The molecule has 0 N–H and O–H groups in total. The summed E-state index contributed by atoms with van der Waals surface area (Å²) in [6, 6.07) is 11.4. The Balaban J connectivity index is 1.34. The minimum atomic E-state index is -1.12. The quantitative estimate of drug-likeness (QED) is 0.561. The Morgan fingerprint density at radius 2 is 1.96 bits per heavy atom. The van der Waals surface area contributed by atoms with Crippen molar-refractivity contribution in [2.24, 2.45) is 0 Å². The average molecular weight is 421 g/mol. The van der Waals surface area contributed by atoms with Gasteiger partial charge in [0, 0.05) is 5.02 Å². The molecule has 1 saturated heterocycles. The maximum absolute atomic E-state index is 13.3. The normalized spacial score (nSPS) is 14.8. The van der Waals surface area contributed by atoms with E-state index in [4.69, 9.17) is 21.1 Å². The van der Waals surface area contributed by atoms with E-state index in [0.717, 1.165) is 15.3 Å². The summed E-state index contributed by atoms with van der Waals surface area (Å²) in [6.07, 6.45) is -0.232. The molecule has 28 heavy (non-hydrogen) atoms. The summed E-state index contributed by atoms with van der Waals surface area (Å²) in [4.78, 5) is 19.0. The summed E-state index contributed by atoms with van der Waals surface area (Å²) in [5.41, 5.74) is -0.360. The fraction of sp³-hybridized carbons (Fsp3) is 0.300. The first kappa shape index (κ1) is 19.0. The van der Waals surface area contributed by atoms with Crippen LogP contribution in [0.1, 0.15) is 13.8 Å². The first-order chi connectivity index (χ1) is 13.3. The molecule has 1 aliphatic rings. The lowest BCUT2D eigenvalue weighted by Crippen LogP contribution is -2.55. The number of benzene rings is 2. The van der Waals surface area contributed by atoms with Gasteiger partial charge in [-0.25, -0.2) is 14.2 Å². The van der Waals surface area contributed by atoms with E-state index >= 15 is 0 Å². The third-order valence-electron chi connectivity index (χ3n) is 4.41. The number of fused-ring (bicyclic) bond motifs is 1. The molecule has 146 valence electrons. The summed E-state index contributed by atoms with van der Waals surface area (Å²) in [5, 5.41) is 1.39. The molecular weight excluding hydrogens is 403 g/mol. The van der Waals surface area contributed by atoms with E-state index in [0.29, 0.717) is 23.9 Å². The number of hydrogen-bond donors (Lipinski definition) is 0. The Bertz CT molecular complexity index is 1020. The van der Waals surface area contributed by atoms with Crippen molar-refractivity contribution in [1.82, 2.24) is 4.98 Å². The number of hydrogen-bond acceptors (Lipinski definition) is 6. The highest BCUT2D eigenvalue weighted by atomic mass is 35.5. The molecule has 3 aromatic rings. The molecule has 1 aromatic heterocycles. The topological polar surface area (TPSA) is 51.7 Å². The van der Waals surface area contributed by atoms with E-state index in [2.05, 4.69) is 4.98 Å². The molecule has 1 aliphatic heterocycles. The van der Waals surface area contributed by atoms with Crippen LogP contribution in [0, 0.1) is 5.82 Å². The van der Waals surface area contributed by atoms with Gasteiger partial charge in [-0.1, -0.05) is 22.9 Å². The van der Waals surface area contributed by atoms with Gasteiger partial charge in [-0.15, -0.1) is 0 Å². The van der Waals surface area contributed by atoms with Crippen LogP contribution >= 0.6 is 22.9 Å². The molecule has 5 nitrogen and oxygen atoms in total. The van der Waals surface area contributed by atoms with E-state index in [1.807, 2.05) is 4.90 Å². The number of thiazole rings is 1. The van der Waals surface area contributed by atoms with Gasteiger partial charge in [0.1, 0.15) is 17.7 Å². The lowest BCUT2D eigenvalue weighted by Gasteiger charge is -2.39. The van der Waals surface area contributed by atoms with Gasteiger partial charge in [-0.2, -0.15) is 0 Å². The number of carbonyl (C=O) groups excluding carboxylic acids is 1. The predicted octanol–water partition coefficient (Wildman–Crippen LogP) is 4.68. The Morgan fingerprint density at radius 3 is 2.68 bits per heavy atom. The Morgan fingerprint density at radius 1 is 1.25 bits per heavy atom. The van der Waals surface area contributed by atoms with Gasteiger partial charge >= 0.3 is 5.97 Å². The van der Waals surface area contributed by atoms with Gasteiger partial charge in [0.2, 0.25) is 0 Å². The number of carbonyl (C=O) groups is 1. The molecule has 0 atom stereocenters. The maximum atomic E-state index is 13.3. The third-order valence-corrected chi connectivity index (χ3v) is 5.74. The third kappa shape index (κ3) is 3.91. The molecule has 8 heteroatoms. The number of ether oxygens (including phenoxy) is 2. The second-order valence-electron chi connectivity index (χ2n) is 7.11. The van der Waals surface area contributed by atoms with Crippen molar-refractivity contribution < 1.29 is 18.7 Å². The van der Waals surface area contributed by atoms with Crippen LogP contribution in [0.2, 0.25) is 5.02 Å². The lowest BCUT2D eigenvalue weighted by atomic mass is 10.1. The van der Waals surface area contributed by atoms with Crippen molar-refractivity contribution in [2.75, 3.05) is 18.0 Å². The summed E-state index contributed by atoms with van der Waals surface area (Å²) >= 11 is 7.29. The van der Waals surface area contributed by atoms with Gasteiger partial charge in [-0.05, 0) is 56.3 Å². The SMILES string of the molecule is CC(C)(Oc1ccc(Cl)cc1)C(=O)OC1CN(c2nc3ccc(F)cc3s2)C1. The Labute approximate surface area is 170 Å². The van der Waals surface area contributed by atoms with Gasteiger partial charge in [0.05, 0.1) is 23.3 Å². The number of nitrogens with zero attached hydrogens (tertiary/aromatic N) is 2. The second-order valence-corrected chi connectivity index (χ2v) is 8.55. The largest absolute Gasteiger partial charge is 0.476 e. The Hall–Kier alpha value is -2.38. The van der Waals surface area contributed by atoms with Crippen LogP contribution in [0.3, 0.4) is 0 Å². The molecule has 0 spiro atoms. The molecule has 2 heterocycles. The highest BCUT2D eigenvalue weighted by molar-refractivity contribution is 7.22. The van der Waals surface area contributed by atoms with Crippen LogP contribution in [0.5, 0.6) is 5.75 Å². The lowest BCUT2D eigenvalue weighted by molar-refractivity contribution is -0.166. The van der Waals surface area contributed by atoms with Crippen LogP contribution in [-0.4, -0.2) is 35.7 Å². The van der Waals surface area contributed by atoms with Crippen LogP contribution in [0.25, 0.3) is 10.2 Å². The standard InChI is InChI=1S/C20H18ClFN2O3S/c1-20(2,27-14-6-3-12(21)4-7-14)18(25)26-15-10-24(11-15)19-23-16-8-5-13(22)9-17(16)28-19/h3-9,15H,10-11H2,1-2H3. The van der Waals surface area contributed by atoms with E-state index < -0.39 is 11.6 Å². The fourth-order valence-corrected chi connectivity index (χ4v) is 3.96. The summed E-state index contributed by atoms with van der Waals surface area (Å²) < 4.78 is 25.5. The molecule has 0 aliphatic carbocycles. The second kappa shape index (κ2) is 7.22. The number of halogens is 2. The Kier molecular flexibility index (Phi) is 4.89. The van der Waals surface area contributed by atoms with E-state index in [1.54, 1.807) is 44.2 Å². The van der Waals surface area contributed by atoms with E-state index in [1.165, 1.54) is 23.5 Å². The minimum Gasteiger partial charge on any atom is -0.476 e. The summed E-state index contributed by atoms with van der Waals surface area (Å²) in [5.74, 6) is -0.164. The van der Waals surface area contributed by atoms with Crippen molar-refractivity contribution in [2.45, 2.75) is 25.6 Å². The highest BCUT2D eigenvalue weighted by Gasteiger charge is 2.38. The number of rotatable bonds is 5. The van der Waals surface area contributed by atoms with Gasteiger partial charge in [0.25, 0.3) is 0 Å². The molecule has 1 fully saturated rings. The van der Waals surface area contributed by atoms with E-state index in [-0.39, 0.29) is 11.9 Å². The van der Waals surface area contributed by atoms with Crippen molar-refractivity contribution in [3.05, 3.63) is 53.3 Å². The highest BCUT2D eigenvalue weighted by Crippen LogP contribution is 2.32. The van der Waals surface area contributed by atoms with Crippen molar-refractivity contribution in [1.29, 1.82) is 0 Å². The van der Waals surface area contributed by atoms with Gasteiger partial charge in [-0.3, -0.25) is 0 Å². The van der Waals surface area contributed by atoms with Crippen LogP contribution in [0.4, 0.5) is 9.52 Å². The fourth-order valence-electron chi connectivity index (χ4n) is 2.82. The summed E-state index contributed by atoms with van der Waals surface area (Å²) in [6.45, 7) is 4.43. The van der Waals surface area contributed by atoms with E-state index in [9.17, 15) is 9.18 Å². The average Bonchev–Trinajstić information content (AvgIpc) is 3.01. The zero-order chi connectivity index (χ0) is 19.9. The van der Waals surface area contributed by atoms with Crippen molar-refractivity contribution in [3.8, 4) is 5.75 Å². The first-order valence-corrected chi connectivity index (χ1v) is 9.96. The molecule has 2 aromatic carbocycles. The molecule has 0 saturated carbocycles. The smallest absolute Gasteiger partial charge is 0.350 e. The predicted molar refractivity (Wildman–Crippen MR) is 108 cm³/mol. The van der Waals surface area contributed by atoms with Gasteiger partial charge in [0.15, 0.2) is 10.7 Å². The zero-order valence-corrected chi connectivity index (χ0v) is 16.9. The minimum absolute atomic E-state index is 0.232. The summed E-state index contributed by atoms with van der Waals surface area (Å²) in [7, 11) is 0. The molecule has 4 rings (SSSR count). The number of esters is 1. The molecule has 0 radical (unpaired) electrons. The van der Waals surface area contributed by atoms with Crippen LogP contribution < -0.4 is 9.64 Å². The van der Waals surface area contributed by atoms with Gasteiger partial charge < -0.3 is 14.4 Å². The molecule has 0 unspecified atom stereocenters. The molecular formula is C20H18ClFN2O3S. The zero-order valence-electron chi connectivity index (χ0n) is 15.3. The van der Waals surface area contributed by atoms with Crippen molar-refractivity contribution in [3.63, 3.8) is 0 Å². The van der Waals surface area contributed by atoms with Crippen molar-refractivity contribution >= 4 is 44.3 Å². The first-order valence-electron chi connectivity index (χ1n) is 8.77. The molecule has 0 amide bonds. The van der Waals surface area contributed by atoms with Crippen LogP contribution in [0.15, 0.2) is 42.5 Å². The number of anilines is 1. The van der Waals surface area contributed by atoms with Crippen LogP contribution in [-0.2, 0) is 9.53 Å².